The molecular weight excluding hydrogens is 232 g/mol. The van der Waals surface area contributed by atoms with Crippen LogP contribution in [0.4, 0.5) is 0 Å². The average molecular weight is 262 g/mol. The summed E-state index contributed by atoms with van der Waals surface area (Å²) in [5, 5.41) is 3.87. The number of nitrogens with one attached hydrogen (secondary N) is 1. The fourth-order valence-electron chi connectivity index (χ4n) is 3.93. The number of terminal acetylenes is 1. The topological polar surface area (TPSA) is 15.3 Å². The lowest BCUT2D eigenvalue weighted by molar-refractivity contribution is 0.0363. The summed E-state index contributed by atoms with van der Waals surface area (Å²) in [7, 11) is 0. The van der Waals surface area contributed by atoms with Crippen LogP contribution in [-0.4, -0.2) is 35.6 Å². The van der Waals surface area contributed by atoms with Crippen LogP contribution in [0.1, 0.15) is 59.3 Å². The molecule has 2 nitrogen and oxygen atoms in total. The highest BCUT2D eigenvalue weighted by molar-refractivity contribution is 5.08. The van der Waals surface area contributed by atoms with E-state index in [0.717, 1.165) is 19.5 Å². The zero-order valence-electron chi connectivity index (χ0n) is 12.9. The van der Waals surface area contributed by atoms with Gasteiger partial charge in [-0.15, -0.1) is 6.42 Å². The van der Waals surface area contributed by atoms with Crippen molar-refractivity contribution in [1.82, 2.24) is 10.2 Å². The summed E-state index contributed by atoms with van der Waals surface area (Å²) >= 11 is 0. The van der Waals surface area contributed by atoms with Gasteiger partial charge in [-0.3, -0.25) is 4.90 Å². The predicted octanol–water partition coefficient (Wildman–Crippen LogP) is 3.03. The van der Waals surface area contributed by atoms with Gasteiger partial charge in [0.05, 0.1) is 6.04 Å². The Hall–Kier alpha value is -0.520. The van der Waals surface area contributed by atoms with Gasteiger partial charge in [-0.2, -0.15) is 0 Å². The minimum absolute atomic E-state index is 0.331. The predicted molar refractivity (Wildman–Crippen MR) is 82.1 cm³/mol. The number of rotatable bonds is 4. The van der Waals surface area contributed by atoms with E-state index >= 15 is 0 Å². The summed E-state index contributed by atoms with van der Waals surface area (Å²) in [6.07, 6.45) is 13.6. The largest absolute Gasteiger partial charge is 0.308 e. The van der Waals surface area contributed by atoms with E-state index in [2.05, 4.69) is 36.9 Å². The first-order valence-corrected chi connectivity index (χ1v) is 8.09. The third-order valence-electron chi connectivity index (χ3n) is 5.08. The molecule has 1 spiro atoms. The number of hydrogen-bond acceptors (Lipinski definition) is 2. The molecule has 1 saturated carbocycles. The highest BCUT2D eigenvalue weighted by Crippen LogP contribution is 2.35. The van der Waals surface area contributed by atoms with Gasteiger partial charge in [0, 0.05) is 24.7 Å². The van der Waals surface area contributed by atoms with Crippen molar-refractivity contribution in [2.24, 2.45) is 5.92 Å². The summed E-state index contributed by atoms with van der Waals surface area (Å²) in [5.41, 5.74) is 0.369. The molecule has 2 atom stereocenters. The zero-order valence-corrected chi connectivity index (χ0v) is 12.9. The molecule has 2 heteroatoms. The van der Waals surface area contributed by atoms with Gasteiger partial charge >= 0.3 is 0 Å². The molecule has 0 amide bonds. The summed E-state index contributed by atoms with van der Waals surface area (Å²) in [6.45, 7) is 9.16. The first-order chi connectivity index (χ1) is 9.12. The minimum atomic E-state index is 0.331. The minimum Gasteiger partial charge on any atom is -0.308 e. The van der Waals surface area contributed by atoms with Crippen molar-refractivity contribution in [1.29, 1.82) is 0 Å². The van der Waals surface area contributed by atoms with Gasteiger partial charge in [0.2, 0.25) is 0 Å². The van der Waals surface area contributed by atoms with Crippen LogP contribution < -0.4 is 5.32 Å². The summed E-state index contributed by atoms with van der Waals surface area (Å²) in [4.78, 5) is 2.65. The van der Waals surface area contributed by atoms with Crippen LogP contribution in [0.3, 0.4) is 0 Å². The van der Waals surface area contributed by atoms with Gasteiger partial charge in [0.25, 0.3) is 0 Å². The van der Waals surface area contributed by atoms with E-state index in [4.69, 9.17) is 6.42 Å². The molecule has 0 aromatic rings. The van der Waals surface area contributed by atoms with Gasteiger partial charge in [-0.1, -0.05) is 46.0 Å². The molecule has 2 rings (SSSR count). The van der Waals surface area contributed by atoms with E-state index in [1.54, 1.807) is 0 Å². The summed E-state index contributed by atoms with van der Waals surface area (Å²) < 4.78 is 0. The molecule has 0 aromatic carbocycles. The van der Waals surface area contributed by atoms with Crippen LogP contribution >= 0.6 is 0 Å². The van der Waals surface area contributed by atoms with Crippen molar-refractivity contribution >= 4 is 0 Å². The molecular formula is C17H30N2. The van der Waals surface area contributed by atoms with Gasteiger partial charge < -0.3 is 5.32 Å². The van der Waals surface area contributed by atoms with Gasteiger partial charge in [0.15, 0.2) is 0 Å². The van der Waals surface area contributed by atoms with Crippen molar-refractivity contribution in [3.8, 4) is 12.3 Å². The molecule has 0 bridgehead atoms. The molecule has 1 N–H and O–H groups in total. The molecule has 0 radical (unpaired) electrons. The van der Waals surface area contributed by atoms with Crippen LogP contribution in [0.2, 0.25) is 0 Å². The molecule has 0 aromatic heterocycles. The maximum Gasteiger partial charge on any atom is 0.0715 e. The summed E-state index contributed by atoms with van der Waals surface area (Å²) in [5.74, 6) is 3.73. The van der Waals surface area contributed by atoms with Crippen LogP contribution in [0.25, 0.3) is 0 Å². The Balaban J connectivity index is 2.14. The van der Waals surface area contributed by atoms with Crippen molar-refractivity contribution in [2.45, 2.75) is 76.9 Å². The second-order valence-corrected chi connectivity index (χ2v) is 6.82. The summed E-state index contributed by atoms with van der Waals surface area (Å²) in [6, 6.07) is 0.927. The highest BCUT2D eigenvalue weighted by atomic mass is 15.3. The van der Waals surface area contributed by atoms with Crippen LogP contribution in [-0.2, 0) is 0 Å². The van der Waals surface area contributed by atoms with Crippen molar-refractivity contribution < 1.29 is 0 Å². The second kappa shape index (κ2) is 6.29. The maximum absolute atomic E-state index is 5.83. The van der Waals surface area contributed by atoms with E-state index in [9.17, 15) is 0 Å². The maximum atomic E-state index is 5.83. The third kappa shape index (κ3) is 3.15. The Bertz CT molecular complexity index is 323. The van der Waals surface area contributed by atoms with Gasteiger partial charge in [-0.25, -0.2) is 0 Å². The number of piperazine rings is 1. The fraction of sp³-hybridized carbons (Fsp3) is 0.882. The van der Waals surface area contributed by atoms with E-state index in [1.165, 1.54) is 32.1 Å². The standard InChI is InChI=1S/C17H30N2/c1-5-9-15(6-2)19-13-17(10-7-8-11-17)18-12-16(19)14(3)4/h2,14-16,18H,5,7-13H2,1,3-4H3. The van der Waals surface area contributed by atoms with Crippen molar-refractivity contribution in [2.75, 3.05) is 13.1 Å². The molecule has 19 heavy (non-hydrogen) atoms. The van der Waals surface area contributed by atoms with Crippen LogP contribution in [0, 0.1) is 18.3 Å². The average Bonchev–Trinajstić information content (AvgIpc) is 2.83. The third-order valence-corrected chi connectivity index (χ3v) is 5.08. The first-order valence-electron chi connectivity index (χ1n) is 8.09. The molecule has 2 unspecified atom stereocenters. The molecule has 2 fully saturated rings. The van der Waals surface area contributed by atoms with E-state index in [1.807, 2.05) is 0 Å². The second-order valence-electron chi connectivity index (χ2n) is 6.82. The van der Waals surface area contributed by atoms with Gasteiger partial charge in [0.1, 0.15) is 0 Å². The van der Waals surface area contributed by atoms with E-state index < -0.39 is 0 Å². The van der Waals surface area contributed by atoms with Gasteiger partial charge in [-0.05, 0) is 25.2 Å². The monoisotopic (exact) mass is 262 g/mol. The molecule has 1 saturated heterocycles. The van der Waals surface area contributed by atoms with E-state index in [-0.39, 0.29) is 0 Å². The fourth-order valence-corrected chi connectivity index (χ4v) is 3.93. The Morgan fingerprint density at radius 2 is 2.05 bits per heavy atom. The Morgan fingerprint density at radius 3 is 2.58 bits per heavy atom. The molecule has 1 aliphatic heterocycles. The quantitative estimate of drug-likeness (QED) is 0.784. The molecule has 2 aliphatic rings. The number of hydrogen-bond donors (Lipinski definition) is 1. The lowest BCUT2D eigenvalue weighted by Crippen LogP contribution is -2.66. The Labute approximate surface area is 119 Å². The first kappa shape index (κ1) is 14.9. The SMILES string of the molecule is C#CC(CCC)N1CC2(CCCC2)NCC1C(C)C. The lowest BCUT2D eigenvalue weighted by atomic mass is 9.87. The van der Waals surface area contributed by atoms with Crippen molar-refractivity contribution in [3.05, 3.63) is 0 Å². The van der Waals surface area contributed by atoms with E-state index in [0.29, 0.717) is 23.5 Å². The molecule has 108 valence electrons. The Morgan fingerprint density at radius 1 is 1.37 bits per heavy atom. The molecule has 1 heterocycles. The smallest absolute Gasteiger partial charge is 0.0715 e. The van der Waals surface area contributed by atoms with Crippen molar-refractivity contribution in [3.63, 3.8) is 0 Å². The zero-order chi connectivity index (χ0) is 13.9. The van der Waals surface area contributed by atoms with Crippen LogP contribution in [0.15, 0.2) is 0 Å². The van der Waals surface area contributed by atoms with Crippen LogP contribution in [0.5, 0.6) is 0 Å². The number of nitrogens with zero attached hydrogens (tertiary/aromatic N) is 1. The lowest BCUT2D eigenvalue weighted by Gasteiger charge is -2.50. The highest BCUT2D eigenvalue weighted by Gasteiger charge is 2.43. The Kier molecular flexibility index (Phi) is 4.92. The molecule has 1 aliphatic carbocycles. The normalized spacial score (nSPS) is 28.7.